The van der Waals surface area contributed by atoms with Gasteiger partial charge < -0.3 is 4.74 Å². The minimum Gasteiger partial charge on any atom is -0.494 e. The van der Waals surface area contributed by atoms with E-state index in [1.807, 2.05) is 31.2 Å². The molecule has 0 unspecified atom stereocenters. The van der Waals surface area contributed by atoms with E-state index in [1.165, 1.54) is 28.0 Å². The van der Waals surface area contributed by atoms with E-state index in [2.05, 4.69) is 10.1 Å². The van der Waals surface area contributed by atoms with E-state index >= 15 is 0 Å². The summed E-state index contributed by atoms with van der Waals surface area (Å²) in [4.78, 5) is 28.0. The van der Waals surface area contributed by atoms with E-state index in [9.17, 15) is 14.9 Å². The van der Waals surface area contributed by atoms with Gasteiger partial charge in [-0.2, -0.15) is 9.50 Å². The molecule has 0 saturated carbocycles. The van der Waals surface area contributed by atoms with Crippen LogP contribution >= 0.6 is 11.3 Å². The monoisotopic (exact) mass is 408 g/mol. The molecule has 8 nitrogen and oxygen atoms in total. The van der Waals surface area contributed by atoms with Crippen molar-refractivity contribution in [2.45, 2.75) is 13.3 Å². The second kappa shape index (κ2) is 7.80. The fourth-order valence-corrected chi connectivity index (χ4v) is 3.66. The molecule has 0 radical (unpaired) electrons. The Kier molecular flexibility index (Phi) is 5.05. The molecule has 0 bridgehead atoms. The first-order valence-electron chi connectivity index (χ1n) is 8.94. The van der Waals surface area contributed by atoms with Crippen LogP contribution in [0.25, 0.3) is 22.4 Å². The largest absolute Gasteiger partial charge is 0.494 e. The fourth-order valence-electron chi connectivity index (χ4n) is 2.76. The van der Waals surface area contributed by atoms with E-state index in [0.29, 0.717) is 27.5 Å². The summed E-state index contributed by atoms with van der Waals surface area (Å²) in [5.41, 5.74) is 1.02. The van der Waals surface area contributed by atoms with E-state index in [-0.39, 0.29) is 11.2 Å². The zero-order valence-electron chi connectivity index (χ0n) is 15.4. The predicted molar refractivity (Wildman–Crippen MR) is 110 cm³/mol. The Morgan fingerprint density at radius 2 is 2.03 bits per heavy atom. The smallest absolute Gasteiger partial charge is 0.291 e. The van der Waals surface area contributed by atoms with Crippen molar-refractivity contribution in [1.29, 1.82) is 0 Å². The Balaban J connectivity index is 1.67. The molecule has 0 fully saturated rings. The van der Waals surface area contributed by atoms with Gasteiger partial charge in [-0.05, 0) is 42.3 Å². The molecule has 0 aliphatic carbocycles. The molecule has 0 spiro atoms. The summed E-state index contributed by atoms with van der Waals surface area (Å²) in [7, 11) is 0. The van der Waals surface area contributed by atoms with Gasteiger partial charge >= 0.3 is 0 Å². The van der Waals surface area contributed by atoms with Crippen LogP contribution in [0.15, 0.2) is 53.3 Å². The number of nitrogens with zero attached hydrogens (tertiary/aromatic N) is 4. The van der Waals surface area contributed by atoms with Crippen LogP contribution in [0.3, 0.4) is 0 Å². The van der Waals surface area contributed by atoms with Crippen molar-refractivity contribution < 1.29 is 9.66 Å². The third-order valence-electron chi connectivity index (χ3n) is 4.15. The highest BCUT2D eigenvalue weighted by Crippen LogP contribution is 2.20. The third kappa shape index (κ3) is 3.85. The summed E-state index contributed by atoms with van der Waals surface area (Å²) in [5.74, 6) is 1.23. The first-order valence-corrected chi connectivity index (χ1v) is 9.76. The van der Waals surface area contributed by atoms with Gasteiger partial charge in [-0.1, -0.05) is 30.4 Å². The fraction of sp³-hybridized carbons (Fsp3) is 0.150. The highest BCUT2D eigenvalue weighted by Gasteiger charge is 2.12. The first kappa shape index (κ1) is 18.8. The van der Waals surface area contributed by atoms with Crippen LogP contribution in [0.1, 0.15) is 18.9 Å². The highest BCUT2D eigenvalue weighted by atomic mass is 32.1. The number of nitro groups is 1. The Morgan fingerprint density at radius 1 is 1.24 bits per heavy atom. The zero-order valence-corrected chi connectivity index (χ0v) is 16.3. The van der Waals surface area contributed by atoms with Crippen molar-refractivity contribution in [2.75, 3.05) is 6.61 Å². The van der Waals surface area contributed by atoms with Crippen LogP contribution in [-0.2, 0) is 0 Å². The van der Waals surface area contributed by atoms with Crippen molar-refractivity contribution in [3.8, 4) is 17.1 Å². The average Bonchev–Trinajstić information content (AvgIpc) is 3.27. The van der Waals surface area contributed by atoms with Gasteiger partial charge in [0.1, 0.15) is 5.75 Å². The van der Waals surface area contributed by atoms with Crippen LogP contribution in [0, 0.1) is 10.1 Å². The topological polar surface area (TPSA) is 99.6 Å². The maximum Gasteiger partial charge on any atom is 0.291 e. The predicted octanol–water partition coefficient (Wildman–Crippen LogP) is 3.06. The molecule has 0 saturated heterocycles. The Labute approximate surface area is 168 Å². The number of rotatable bonds is 6. The van der Waals surface area contributed by atoms with Crippen LogP contribution in [0.2, 0.25) is 0 Å². The molecule has 0 aliphatic rings. The van der Waals surface area contributed by atoms with Crippen LogP contribution in [-0.4, -0.2) is 26.1 Å². The number of benzene rings is 2. The standard InChI is InChI=1S/C20H16N4O4S/c1-2-10-28-16-8-6-14(7-9-16)18-21-20-23(22-18)19(25)17(29-20)12-13-4-3-5-15(11-13)24(26)27/h3-9,11-12H,2,10H2,1H3/b17-12-. The number of hydrogen-bond acceptors (Lipinski definition) is 7. The summed E-state index contributed by atoms with van der Waals surface area (Å²) < 4.78 is 7.23. The second-order valence-corrected chi connectivity index (χ2v) is 7.28. The Bertz CT molecular complexity index is 1290. The van der Waals surface area contributed by atoms with E-state index in [0.717, 1.165) is 17.7 Å². The van der Waals surface area contributed by atoms with Crippen molar-refractivity contribution in [3.05, 3.63) is 79.1 Å². The Morgan fingerprint density at radius 3 is 2.72 bits per heavy atom. The van der Waals surface area contributed by atoms with Crippen LogP contribution < -0.4 is 14.8 Å². The Hall–Kier alpha value is -3.59. The average molecular weight is 408 g/mol. The molecular weight excluding hydrogens is 392 g/mol. The molecule has 2 aromatic carbocycles. The third-order valence-corrected chi connectivity index (χ3v) is 5.11. The minimum atomic E-state index is -0.469. The molecule has 0 N–H and O–H groups in total. The summed E-state index contributed by atoms with van der Waals surface area (Å²) >= 11 is 1.19. The molecule has 0 atom stereocenters. The molecule has 2 heterocycles. The van der Waals surface area contributed by atoms with E-state index in [4.69, 9.17) is 4.74 Å². The lowest BCUT2D eigenvalue weighted by Gasteiger charge is -2.04. The number of nitro benzene ring substituents is 1. The van der Waals surface area contributed by atoms with E-state index < -0.39 is 4.92 Å². The van der Waals surface area contributed by atoms with Gasteiger partial charge in [0.2, 0.25) is 4.96 Å². The number of hydrogen-bond donors (Lipinski definition) is 0. The minimum absolute atomic E-state index is 0.0284. The second-order valence-electron chi connectivity index (χ2n) is 6.27. The molecule has 146 valence electrons. The van der Waals surface area contributed by atoms with Gasteiger partial charge in [0.25, 0.3) is 11.2 Å². The SMILES string of the molecule is CCCOc1ccc(-c2nc3s/c(=C\c4cccc([N+](=O)[O-])c4)c(=O)n3n2)cc1. The maximum absolute atomic E-state index is 12.7. The number of aromatic nitrogens is 3. The number of ether oxygens (including phenoxy) is 1. The summed E-state index contributed by atoms with van der Waals surface area (Å²) in [6.45, 7) is 2.70. The van der Waals surface area contributed by atoms with E-state index in [1.54, 1.807) is 18.2 Å². The summed E-state index contributed by atoms with van der Waals surface area (Å²) in [6.07, 6.45) is 2.54. The molecule has 9 heteroatoms. The van der Waals surface area contributed by atoms with Crippen molar-refractivity contribution in [2.24, 2.45) is 0 Å². The van der Waals surface area contributed by atoms with Crippen LogP contribution in [0.4, 0.5) is 5.69 Å². The molecule has 4 aromatic rings. The lowest BCUT2D eigenvalue weighted by molar-refractivity contribution is -0.384. The molecule has 0 amide bonds. The number of thiazole rings is 1. The van der Waals surface area contributed by atoms with Crippen molar-refractivity contribution >= 4 is 28.1 Å². The molecule has 29 heavy (non-hydrogen) atoms. The normalized spacial score (nSPS) is 11.8. The maximum atomic E-state index is 12.7. The van der Waals surface area contributed by atoms with Crippen molar-refractivity contribution in [3.63, 3.8) is 0 Å². The lowest BCUT2D eigenvalue weighted by Crippen LogP contribution is -2.23. The number of fused-ring (bicyclic) bond motifs is 1. The molecule has 4 rings (SSSR count). The zero-order chi connectivity index (χ0) is 20.4. The van der Waals surface area contributed by atoms with Crippen LogP contribution in [0.5, 0.6) is 5.75 Å². The first-order chi connectivity index (χ1) is 14.0. The highest BCUT2D eigenvalue weighted by molar-refractivity contribution is 7.15. The van der Waals surface area contributed by atoms with Gasteiger partial charge in [-0.15, -0.1) is 5.10 Å². The van der Waals surface area contributed by atoms with Gasteiger partial charge in [0.05, 0.1) is 16.1 Å². The molecule has 0 aliphatic heterocycles. The summed E-state index contributed by atoms with van der Waals surface area (Å²) in [6, 6.07) is 13.5. The van der Waals surface area contributed by atoms with Gasteiger partial charge in [0.15, 0.2) is 5.82 Å². The van der Waals surface area contributed by atoms with Crippen molar-refractivity contribution in [1.82, 2.24) is 14.6 Å². The van der Waals surface area contributed by atoms with Gasteiger partial charge in [-0.25, -0.2) is 0 Å². The molecular formula is C20H16N4O4S. The summed E-state index contributed by atoms with van der Waals surface area (Å²) in [5, 5.41) is 15.2. The lowest BCUT2D eigenvalue weighted by atomic mass is 10.2. The quantitative estimate of drug-likeness (QED) is 0.359. The molecule has 2 aromatic heterocycles. The van der Waals surface area contributed by atoms with Gasteiger partial charge in [-0.3, -0.25) is 14.9 Å². The number of non-ortho nitro benzene ring substituents is 1. The van der Waals surface area contributed by atoms with Gasteiger partial charge in [0, 0.05) is 17.7 Å².